The smallest absolute Gasteiger partial charge is 0.375 e. The Morgan fingerprint density at radius 2 is 1.85 bits per heavy atom. The molecule has 1 saturated heterocycles. The van der Waals surface area contributed by atoms with E-state index in [-0.39, 0.29) is 15.5 Å². The number of hydrogen-bond acceptors (Lipinski definition) is 5. The van der Waals surface area contributed by atoms with Crippen molar-refractivity contribution in [3.05, 3.63) is 64.4 Å². The Bertz CT molecular complexity index is 1120. The number of methoxy groups -OCH3 is 1. The van der Waals surface area contributed by atoms with Crippen molar-refractivity contribution in [2.45, 2.75) is 31.8 Å². The van der Waals surface area contributed by atoms with Gasteiger partial charge in [-0.2, -0.15) is 17.0 Å². The summed E-state index contributed by atoms with van der Waals surface area (Å²) >= 11 is 6.03. The fraction of sp³-hybridized carbons (Fsp3) is 0.435. The first kappa shape index (κ1) is 24.1. The van der Waals surface area contributed by atoms with Gasteiger partial charge < -0.3 is 4.74 Å². The molecule has 7 nitrogen and oxygen atoms in total. The maximum absolute atomic E-state index is 13.8. The molecule has 0 spiro atoms. The number of esters is 1. The molecule has 2 aromatic carbocycles. The Hall–Kier alpha value is -2.04. The number of carbonyl (C=O) groups is 1. The second-order valence-electron chi connectivity index (χ2n) is 8.54. The molecule has 2 fully saturated rings. The van der Waals surface area contributed by atoms with Crippen LogP contribution in [-0.2, 0) is 21.5 Å². The van der Waals surface area contributed by atoms with Gasteiger partial charge in [-0.1, -0.05) is 30.2 Å². The minimum atomic E-state index is -3.91. The third-order valence-corrected chi connectivity index (χ3v) is 9.05. The van der Waals surface area contributed by atoms with E-state index in [1.165, 1.54) is 31.7 Å². The highest BCUT2D eigenvalue weighted by molar-refractivity contribution is 7.89. The molecule has 2 aliphatic rings. The van der Waals surface area contributed by atoms with Crippen molar-refractivity contribution in [3.8, 4) is 0 Å². The molecular formula is C23H28ClFN3O4S+. The van der Waals surface area contributed by atoms with Crippen molar-refractivity contribution >= 4 is 33.5 Å². The van der Waals surface area contributed by atoms with E-state index >= 15 is 0 Å². The topological polar surface area (TPSA) is 75.7 Å². The average molecular weight is 497 g/mol. The normalized spacial score (nSPS) is 19.1. The monoisotopic (exact) mass is 496 g/mol. The van der Waals surface area contributed by atoms with Crippen molar-refractivity contribution in [2.24, 2.45) is 0 Å². The fourth-order valence-electron chi connectivity index (χ4n) is 4.47. The largest absolute Gasteiger partial charge is 0.465 e. The number of nitrogens with one attached hydrogen (secondary N) is 1. The predicted molar refractivity (Wildman–Crippen MR) is 126 cm³/mol. The second-order valence-corrected chi connectivity index (χ2v) is 10.9. The van der Waals surface area contributed by atoms with Crippen LogP contribution in [0.1, 0.15) is 35.2 Å². The molecule has 4 rings (SSSR count). The van der Waals surface area contributed by atoms with Gasteiger partial charge in [0.15, 0.2) is 5.69 Å². The molecule has 0 bridgehead atoms. The molecule has 0 aromatic heterocycles. The van der Waals surface area contributed by atoms with E-state index < -0.39 is 22.0 Å². The zero-order valence-electron chi connectivity index (χ0n) is 18.5. The average Bonchev–Trinajstić information content (AvgIpc) is 2.79. The first-order chi connectivity index (χ1) is 15.8. The van der Waals surface area contributed by atoms with E-state index in [0.29, 0.717) is 49.0 Å². The van der Waals surface area contributed by atoms with Gasteiger partial charge in [-0.25, -0.2) is 9.18 Å². The summed E-state index contributed by atoms with van der Waals surface area (Å²) in [4.78, 5) is 14.0. The molecule has 1 N–H and O–H groups in total. The van der Waals surface area contributed by atoms with E-state index in [2.05, 4.69) is 9.62 Å². The van der Waals surface area contributed by atoms with Gasteiger partial charge in [0.2, 0.25) is 0 Å². The molecule has 10 heteroatoms. The molecule has 0 amide bonds. The quantitative estimate of drug-likeness (QED) is 0.469. The molecule has 1 saturated carbocycles. The molecule has 1 heterocycles. The zero-order valence-corrected chi connectivity index (χ0v) is 20.0. The van der Waals surface area contributed by atoms with Gasteiger partial charge in [-0.05, 0) is 36.6 Å². The maximum atomic E-state index is 13.8. The molecule has 33 heavy (non-hydrogen) atoms. The SMILES string of the molecule is COC(=O)c1ccc(CNS(=O)(=O)[N+]2(c3ccc(F)c(Cl)c3)CCN(C3CCC3)CC2)cc1. The van der Waals surface area contributed by atoms with Crippen LogP contribution in [0.4, 0.5) is 10.1 Å². The van der Waals surface area contributed by atoms with Crippen LogP contribution in [0, 0.1) is 5.82 Å². The van der Waals surface area contributed by atoms with Crippen molar-refractivity contribution in [1.82, 2.24) is 13.5 Å². The minimum Gasteiger partial charge on any atom is -0.465 e. The Balaban J connectivity index is 1.57. The number of ether oxygens (including phenoxy) is 1. The standard InChI is InChI=1S/C23H28ClFN3O4S/c1-32-23(29)18-7-5-17(6-8-18)16-26-33(30,31)28(20-9-10-22(25)21(24)15-20)13-11-27(12-14-28)19-3-2-4-19/h5-10,15,19,26H,2-4,11-14,16H2,1H3/q+1. The van der Waals surface area contributed by atoms with Crippen LogP contribution in [0.25, 0.3) is 0 Å². The van der Waals surface area contributed by atoms with Gasteiger partial charge in [0, 0.05) is 37.8 Å². The lowest BCUT2D eigenvalue weighted by molar-refractivity contribution is 0.0600. The van der Waals surface area contributed by atoms with Crippen LogP contribution in [0.5, 0.6) is 0 Å². The highest BCUT2D eigenvalue weighted by atomic mass is 35.5. The molecule has 178 valence electrons. The number of rotatable bonds is 7. The highest BCUT2D eigenvalue weighted by Gasteiger charge is 2.48. The van der Waals surface area contributed by atoms with Crippen LogP contribution in [0.15, 0.2) is 42.5 Å². The summed E-state index contributed by atoms with van der Waals surface area (Å²) in [6.45, 7) is 2.01. The number of piperazine rings is 1. The summed E-state index contributed by atoms with van der Waals surface area (Å²) in [6, 6.07) is 11.2. The van der Waals surface area contributed by atoms with E-state index in [9.17, 15) is 17.6 Å². The summed E-state index contributed by atoms with van der Waals surface area (Å²) in [7, 11) is -2.60. The van der Waals surface area contributed by atoms with Gasteiger partial charge in [0.1, 0.15) is 18.9 Å². The van der Waals surface area contributed by atoms with Crippen LogP contribution in [-0.4, -0.2) is 58.6 Å². The second kappa shape index (κ2) is 9.68. The van der Waals surface area contributed by atoms with E-state index in [1.807, 2.05) is 0 Å². The lowest BCUT2D eigenvalue weighted by Gasteiger charge is -2.46. The number of quaternary nitrogens is 1. The van der Waals surface area contributed by atoms with Crippen molar-refractivity contribution in [3.63, 3.8) is 0 Å². The van der Waals surface area contributed by atoms with Gasteiger partial charge >= 0.3 is 16.2 Å². The molecule has 1 aliphatic carbocycles. The zero-order chi connectivity index (χ0) is 23.6. The Labute approximate surface area is 198 Å². The van der Waals surface area contributed by atoms with Gasteiger partial charge in [-0.15, -0.1) is 0 Å². The summed E-state index contributed by atoms with van der Waals surface area (Å²) < 4.78 is 48.3. The lowest BCUT2D eigenvalue weighted by atomic mass is 9.91. The van der Waals surface area contributed by atoms with E-state index in [4.69, 9.17) is 16.3 Å². The van der Waals surface area contributed by atoms with Crippen LogP contribution in [0.3, 0.4) is 0 Å². The summed E-state index contributed by atoms with van der Waals surface area (Å²) in [5.74, 6) is -1.04. The third kappa shape index (κ3) is 4.79. The van der Waals surface area contributed by atoms with E-state index in [1.54, 1.807) is 24.3 Å². The van der Waals surface area contributed by atoms with Crippen LogP contribution >= 0.6 is 11.6 Å². The van der Waals surface area contributed by atoms with Crippen molar-refractivity contribution in [2.75, 3.05) is 33.3 Å². The first-order valence-electron chi connectivity index (χ1n) is 11.0. The Morgan fingerprint density at radius 3 is 2.39 bits per heavy atom. The number of hydrogen-bond donors (Lipinski definition) is 1. The van der Waals surface area contributed by atoms with Crippen LogP contribution in [0.2, 0.25) is 5.02 Å². The highest BCUT2D eigenvalue weighted by Crippen LogP contribution is 2.35. The molecule has 0 radical (unpaired) electrons. The molecule has 2 aromatic rings. The number of nitrogens with zero attached hydrogens (tertiary/aromatic N) is 2. The molecule has 1 aliphatic heterocycles. The maximum Gasteiger partial charge on any atom is 0.375 e. The lowest BCUT2D eigenvalue weighted by Crippen LogP contribution is -2.67. The molecule has 0 unspecified atom stereocenters. The summed E-state index contributed by atoms with van der Waals surface area (Å²) in [6.07, 6.45) is 3.51. The first-order valence-corrected chi connectivity index (χ1v) is 12.8. The van der Waals surface area contributed by atoms with Crippen LogP contribution < -0.4 is 8.61 Å². The summed E-state index contributed by atoms with van der Waals surface area (Å²) in [5.41, 5.74) is 1.54. The fourth-order valence-corrected chi connectivity index (χ4v) is 6.28. The van der Waals surface area contributed by atoms with Crippen molar-refractivity contribution in [1.29, 1.82) is 0 Å². The van der Waals surface area contributed by atoms with E-state index in [0.717, 1.165) is 12.8 Å². The van der Waals surface area contributed by atoms with Gasteiger partial charge in [0.05, 0.1) is 17.7 Å². The van der Waals surface area contributed by atoms with Gasteiger partial charge in [0.25, 0.3) is 0 Å². The third-order valence-electron chi connectivity index (χ3n) is 6.76. The number of halogens is 2. The van der Waals surface area contributed by atoms with Crippen molar-refractivity contribution < 1.29 is 22.3 Å². The van der Waals surface area contributed by atoms with Gasteiger partial charge in [-0.3, -0.25) is 4.90 Å². The molecule has 0 atom stereocenters. The Kier molecular flexibility index (Phi) is 7.07. The predicted octanol–water partition coefficient (Wildman–Crippen LogP) is 3.48. The number of benzene rings is 2. The minimum absolute atomic E-state index is 0.0606. The molecular weight excluding hydrogens is 469 g/mol. The Morgan fingerprint density at radius 1 is 1.18 bits per heavy atom. The summed E-state index contributed by atoms with van der Waals surface area (Å²) in [5, 5.41) is -0.0972. The number of carbonyl (C=O) groups excluding carboxylic acids is 1.